The van der Waals surface area contributed by atoms with Crippen molar-refractivity contribution in [3.63, 3.8) is 0 Å². The third kappa shape index (κ3) is 3.02. The Hall–Kier alpha value is -3.55. The highest BCUT2D eigenvalue weighted by molar-refractivity contribution is 5.49. The molecule has 0 saturated heterocycles. The van der Waals surface area contributed by atoms with Gasteiger partial charge in [0.1, 0.15) is 11.5 Å². The van der Waals surface area contributed by atoms with Crippen molar-refractivity contribution < 1.29 is 14.6 Å². The average molecular weight is 384 g/mol. The molecule has 0 aliphatic carbocycles. The van der Waals surface area contributed by atoms with Crippen LogP contribution in [-0.2, 0) is 14.1 Å². The second kappa shape index (κ2) is 6.88. The zero-order chi connectivity index (χ0) is 20.7. The Balaban J connectivity index is 2.48. The van der Waals surface area contributed by atoms with Crippen LogP contribution in [0.3, 0.4) is 0 Å². The minimum Gasteiger partial charge on any atom is -0.507 e. The summed E-state index contributed by atoms with van der Waals surface area (Å²) in [7, 11) is 2.58. The van der Waals surface area contributed by atoms with E-state index in [0.717, 1.165) is 14.7 Å². The van der Waals surface area contributed by atoms with Crippen LogP contribution in [0.15, 0.2) is 49.1 Å². The zero-order valence-corrected chi connectivity index (χ0v) is 15.9. The van der Waals surface area contributed by atoms with Gasteiger partial charge in [0, 0.05) is 20.2 Å². The lowest BCUT2D eigenvalue weighted by Gasteiger charge is -2.20. The molecule has 1 unspecified atom stereocenters. The number of hydrogen-bond donors (Lipinski definition) is 2. The molecule has 3 rings (SSSR count). The van der Waals surface area contributed by atoms with Gasteiger partial charge < -0.3 is 14.6 Å². The summed E-state index contributed by atoms with van der Waals surface area (Å²) in [5.74, 6) is -1.89. The van der Waals surface area contributed by atoms with Crippen molar-refractivity contribution in [1.82, 2.24) is 9.13 Å². The highest BCUT2D eigenvalue weighted by Gasteiger charge is 2.31. The lowest BCUT2D eigenvalue weighted by Crippen LogP contribution is -2.40. The van der Waals surface area contributed by atoms with Crippen molar-refractivity contribution in [3.8, 4) is 11.6 Å². The van der Waals surface area contributed by atoms with Gasteiger partial charge in [0.15, 0.2) is 0 Å². The molecule has 146 valence electrons. The maximum atomic E-state index is 12.9. The maximum Gasteiger partial charge on any atom is 0.343 e. The zero-order valence-electron chi connectivity index (χ0n) is 15.9. The predicted octanol–water partition coefficient (Wildman–Crippen LogP) is 1.25. The van der Waals surface area contributed by atoms with Gasteiger partial charge in [0.25, 0.3) is 5.56 Å². The topological polar surface area (TPSA) is 115 Å². The molecule has 1 atom stereocenters. The molecule has 0 aliphatic heterocycles. The smallest absolute Gasteiger partial charge is 0.343 e. The molecule has 8 heteroatoms. The normalized spacial score (nSPS) is 12.1. The van der Waals surface area contributed by atoms with E-state index in [-0.39, 0.29) is 22.6 Å². The number of rotatable bonds is 3. The second-order valence-corrected chi connectivity index (χ2v) is 6.73. The van der Waals surface area contributed by atoms with Gasteiger partial charge in [-0.25, -0.2) is 9.59 Å². The molecule has 2 N–H and O–H groups in total. The number of benzene rings is 1. The number of nitrogens with zero attached hydrogens (tertiary/aromatic N) is 2. The molecule has 8 nitrogen and oxygen atoms in total. The Labute approximate surface area is 159 Å². The van der Waals surface area contributed by atoms with Crippen LogP contribution >= 0.6 is 0 Å². The predicted molar refractivity (Wildman–Crippen MR) is 102 cm³/mol. The van der Waals surface area contributed by atoms with Crippen molar-refractivity contribution in [2.75, 3.05) is 0 Å². The minimum atomic E-state index is -1.14. The first-order chi connectivity index (χ1) is 13.1. The van der Waals surface area contributed by atoms with Gasteiger partial charge in [-0.15, -0.1) is 0 Å². The van der Waals surface area contributed by atoms with E-state index in [9.17, 15) is 24.6 Å². The number of aryl methyl sites for hydroxylation is 2. The second-order valence-electron chi connectivity index (χ2n) is 6.73. The Bertz CT molecular complexity index is 1230. The Morgan fingerprint density at radius 3 is 2.11 bits per heavy atom. The average Bonchev–Trinajstić information content (AvgIpc) is 2.63. The standard InChI is InChI=1S/C20H20N2O6/c1-10-5-7-12(8-6-10)14(15-13(23)9-11(2)28-19(15)26)16-17(24)21(3)20(27)22(4)18(16)25/h5-9,14,23-24H,1-4H3. The molecule has 0 aliphatic rings. The first kappa shape index (κ1) is 19.2. The fraction of sp³-hybridized carbons (Fsp3) is 0.250. The van der Waals surface area contributed by atoms with Gasteiger partial charge in [-0.05, 0) is 19.4 Å². The van der Waals surface area contributed by atoms with Crippen LogP contribution in [-0.4, -0.2) is 19.3 Å². The first-order valence-corrected chi connectivity index (χ1v) is 8.52. The maximum absolute atomic E-state index is 12.9. The molecular formula is C20H20N2O6. The lowest BCUT2D eigenvalue weighted by atomic mass is 9.86. The Morgan fingerprint density at radius 1 is 0.929 bits per heavy atom. The van der Waals surface area contributed by atoms with E-state index < -0.39 is 28.7 Å². The van der Waals surface area contributed by atoms with Crippen molar-refractivity contribution in [2.24, 2.45) is 14.1 Å². The van der Waals surface area contributed by atoms with Crippen molar-refractivity contribution >= 4 is 0 Å². The third-order valence-corrected chi connectivity index (χ3v) is 4.75. The summed E-state index contributed by atoms with van der Waals surface area (Å²) < 4.78 is 6.87. The van der Waals surface area contributed by atoms with E-state index in [4.69, 9.17) is 4.42 Å². The summed E-state index contributed by atoms with van der Waals surface area (Å²) in [6.45, 7) is 3.38. The van der Waals surface area contributed by atoms with Crippen molar-refractivity contribution in [3.05, 3.63) is 89.6 Å². The lowest BCUT2D eigenvalue weighted by molar-refractivity contribution is 0.396. The largest absolute Gasteiger partial charge is 0.507 e. The summed E-state index contributed by atoms with van der Waals surface area (Å²) in [6.07, 6.45) is 0. The minimum absolute atomic E-state index is 0.194. The van der Waals surface area contributed by atoms with Crippen LogP contribution < -0.4 is 16.9 Å². The van der Waals surface area contributed by atoms with E-state index in [1.54, 1.807) is 24.3 Å². The van der Waals surface area contributed by atoms with Crippen LogP contribution in [0, 0.1) is 13.8 Å². The van der Waals surface area contributed by atoms with Crippen LogP contribution in [0.5, 0.6) is 11.6 Å². The van der Waals surface area contributed by atoms with Crippen molar-refractivity contribution in [2.45, 2.75) is 19.8 Å². The van der Waals surface area contributed by atoms with Crippen LogP contribution in [0.1, 0.15) is 33.9 Å². The molecule has 1 aromatic carbocycles. The molecule has 0 bridgehead atoms. The van der Waals surface area contributed by atoms with Gasteiger partial charge in [0.05, 0.1) is 17.0 Å². The van der Waals surface area contributed by atoms with E-state index >= 15 is 0 Å². The molecule has 0 saturated carbocycles. The molecule has 2 aromatic heterocycles. The molecule has 0 amide bonds. The van der Waals surface area contributed by atoms with Crippen LogP contribution in [0.4, 0.5) is 0 Å². The van der Waals surface area contributed by atoms with Gasteiger partial charge in [-0.1, -0.05) is 29.8 Å². The summed E-state index contributed by atoms with van der Waals surface area (Å²) in [4.78, 5) is 37.6. The van der Waals surface area contributed by atoms with Crippen LogP contribution in [0.25, 0.3) is 0 Å². The highest BCUT2D eigenvalue weighted by atomic mass is 16.4. The van der Waals surface area contributed by atoms with E-state index in [0.29, 0.717) is 5.56 Å². The molecule has 2 heterocycles. The van der Waals surface area contributed by atoms with Gasteiger partial charge in [-0.2, -0.15) is 0 Å². The monoisotopic (exact) mass is 384 g/mol. The summed E-state index contributed by atoms with van der Waals surface area (Å²) in [5, 5.41) is 21.1. The summed E-state index contributed by atoms with van der Waals surface area (Å²) in [6, 6.07) is 8.18. The van der Waals surface area contributed by atoms with Crippen LogP contribution in [0.2, 0.25) is 0 Å². The quantitative estimate of drug-likeness (QED) is 0.702. The summed E-state index contributed by atoms with van der Waals surface area (Å²) in [5.41, 5.74) is -1.30. The number of aromatic nitrogens is 2. The van der Waals surface area contributed by atoms with E-state index in [2.05, 4.69) is 0 Å². The highest BCUT2D eigenvalue weighted by Crippen LogP contribution is 2.36. The molecule has 3 aromatic rings. The molecule has 0 radical (unpaired) electrons. The molecule has 28 heavy (non-hydrogen) atoms. The number of hydrogen-bond acceptors (Lipinski definition) is 6. The molecule has 0 spiro atoms. The molecular weight excluding hydrogens is 364 g/mol. The third-order valence-electron chi connectivity index (χ3n) is 4.75. The van der Waals surface area contributed by atoms with E-state index in [1.807, 2.05) is 6.92 Å². The van der Waals surface area contributed by atoms with Gasteiger partial charge >= 0.3 is 11.3 Å². The summed E-state index contributed by atoms with van der Waals surface area (Å²) >= 11 is 0. The fourth-order valence-corrected chi connectivity index (χ4v) is 3.22. The Kier molecular flexibility index (Phi) is 4.72. The van der Waals surface area contributed by atoms with Gasteiger partial charge in [-0.3, -0.25) is 13.9 Å². The molecule has 0 fully saturated rings. The Morgan fingerprint density at radius 2 is 1.54 bits per heavy atom. The van der Waals surface area contributed by atoms with E-state index in [1.165, 1.54) is 27.1 Å². The SMILES string of the molecule is Cc1ccc(C(c2c(O)cc(C)oc2=O)c2c(O)n(C)c(=O)n(C)c2=O)cc1. The van der Waals surface area contributed by atoms with Gasteiger partial charge in [0.2, 0.25) is 5.88 Å². The van der Waals surface area contributed by atoms with Crippen molar-refractivity contribution in [1.29, 1.82) is 0 Å². The number of aromatic hydroxyl groups is 2. The first-order valence-electron chi connectivity index (χ1n) is 8.52. The fourth-order valence-electron chi connectivity index (χ4n) is 3.22.